The lowest BCUT2D eigenvalue weighted by Gasteiger charge is -2.42. The van der Waals surface area contributed by atoms with Crippen molar-refractivity contribution in [3.05, 3.63) is 0 Å². The molecule has 1 atom stereocenters. The van der Waals surface area contributed by atoms with Crippen LogP contribution in [0.5, 0.6) is 0 Å². The zero-order valence-corrected chi connectivity index (χ0v) is 9.74. The summed E-state index contributed by atoms with van der Waals surface area (Å²) in [5.41, 5.74) is -0.194. The fourth-order valence-corrected chi connectivity index (χ4v) is 2.67. The highest BCUT2D eigenvalue weighted by Crippen LogP contribution is 2.42. The Balaban J connectivity index is 1.99. The number of piperidine rings is 1. The van der Waals surface area contributed by atoms with Crippen molar-refractivity contribution in [3.63, 3.8) is 0 Å². The van der Waals surface area contributed by atoms with Gasteiger partial charge in [-0.2, -0.15) is 0 Å². The van der Waals surface area contributed by atoms with E-state index in [9.17, 15) is 9.59 Å². The Hall–Kier alpha value is -1.06. The van der Waals surface area contributed by atoms with Crippen molar-refractivity contribution in [2.24, 2.45) is 11.3 Å². The zero-order chi connectivity index (χ0) is 11.8. The molecule has 4 nitrogen and oxygen atoms in total. The summed E-state index contributed by atoms with van der Waals surface area (Å²) in [4.78, 5) is 24.9. The predicted molar refractivity (Wildman–Crippen MR) is 58.9 cm³/mol. The molecule has 90 valence electrons. The fraction of sp³-hybridized carbons (Fsp3) is 0.833. The molecule has 0 aromatic heterocycles. The molecular weight excluding hydrogens is 206 g/mol. The van der Waals surface area contributed by atoms with Crippen molar-refractivity contribution in [1.29, 1.82) is 0 Å². The van der Waals surface area contributed by atoms with E-state index in [0.29, 0.717) is 13.0 Å². The van der Waals surface area contributed by atoms with Crippen molar-refractivity contribution in [2.45, 2.75) is 39.0 Å². The summed E-state index contributed by atoms with van der Waals surface area (Å²) >= 11 is 0. The number of carbonyl (C=O) groups excluding carboxylic acids is 1. The topological polar surface area (TPSA) is 57.6 Å². The molecule has 1 heterocycles. The van der Waals surface area contributed by atoms with Crippen LogP contribution in [0.15, 0.2) is 0 Å². The van der Waals surface area contributed by atoms with Gasteiger partial charge in [-0.25, -0.2) is 0 Å². The summed E-state index contributed by atoms with van der Waals surface area (Å²) in [6.45, 7) is 3.14. The number of amides is 1. The van der Waals surface area contributed by atoms with E-state index in [1.165, 1.54) is 0 Å². The lowest BCUT2D eigenvalue weighted by molar-refractivity contribution is -0.152. The smallest absolute Gasteiger partial charge is 0.308 e. The molecule has 0 aromatic rings. The number of aliphatic carboxylic acids is 1. The van der Waals surface area contributed by atoms with E-state index in [1.807, 2.05) is 6.92 Å². The van der Waals surface area contributed by atoms with E-state index >= 15 is 0 Å². The second kappa shape index (κ2) is 4.07. The highest BCUT2D eigenvalue weighted by atomic mass is 16.4. The molecule has 0 radical (unpaired) electrons. The number of carboxylic acids is 1. The van der Waals surface area contributed by atoms with Crippen LogP contribution in [-0.2, 0) is 9.59 Å². The van der Waals surface area contributed by atoms with Crippen LogP contribution >= 0.6 is 0 Å². The molecule has 1 aliphatic carbocycles. The number of carbonyl (C=O) groups is 2. The Labute approximate surface area is 95.6 Å². The minimum Gasteiger partial charge on any atom is -0.481 e. The van der Waals surface area contributed by atoms with Crippen LogP contribution in [0.3, 0.4) is 0 Å². The number of likely N-dealkylation sites (tertiary alicyclic amines) is 1. The Morgan fingerprint density at radius 3 is 2.50 bits per heavy atom. The number of rotatable bonds is 2. The molecule has 4 heteroatoms. The number of nitrogens with zero attached hydrogens (tertiary/aromatic N) is 1. The molecule has 0 bridgehead atoms. The van der Waals surface area contributed by atoms with E-state index in [-0.39, 0.29) is 17.2 Å². The SMILES string of the molecule is CC1(C(=O)N2CCC[C@H](C(=O)O)C2)CCC1. The Kier molecular flexibility index (Phi) is 2.91. The molecule has 2 fully saturated rings. The molecule has 2 rings (SSSR count). The number of carboxylic acid groups (broad SMARTS) is 1. The third-order valence-corrected chi connectivity index (χ3v) is 4.03. The molecule has 2 aliphatic rings. The lowest BCUT2D eigenvalue weighted by atomic mass is 9.69. The zero-order valence-electron chi connectivity index (χ0n) is 9.74. The number of hydrogen-bond acceptors (Lipinski definition) is 2. The first-order valence-electron chi connectivity index (χ1n) is 6.05. The fourth-order valence-electron chi connectivity index (χ4n) is 2.67. The first kappa shape index (κ1) is 11.4. The second-order valence-electron chi connectivity index (χ2n) is 5.34. The van der Waals surface area contributed by atoms with Crippen LogP contribution < -0.4 is 0 Å². The van der Waals surface area contributed by atoms with Gasteiger partial charge in [-0.1, -0.05) is 13.3 Å². The maximum atomic E-state index is 12.2. The van der Waals surface area contributed by atoms with Gasteiger partial charge in [-0.15, -0.1) is 0 Å². The van der Waals surface area contributed by atoms with Crippen molar-refractivity contribution in [3.8, 4) is 0 Å². The van der Waals surface area contributed by atoms with Gasteiger partial charge in [0, 0.05) is 18.5 Å². The van der Waals surface area contributed by atoms with Gasteiger partial charge in [0.15, 0.2) is 0 Å². The molecule has 1 amide bonds. The standard InChI is InChI=1S/C12H19NO3/c1-12(5-3-6-12)11(16)13-7-2-4-9(8-13)10(14)15/h9H,2-8H2,1H3,(H,14,15)/t9-/m0/s1. The van der Waals surface area contributed by atoms with Gasteiger partial charge in [0.2, 0.25) is 5.91 Å². The normalized spacial score (nSPS) is 28.3. The Morgan fingerprint density at radius 1 is 1.31 bits per heavy atom. The van der Waals surface area contributed by atoms with Gasteiger partial charge in [0.05, 0.1) is 5.92 Å². The third-order valence-electron chi connectivity index (χ3n) is 4.03. The minimum atomic E-state index is -0.767. The molecule has 0 spiro atoms. The van der Waals surface area contributed by atoms with E-state index in [4.69, 9.17) is 5.11 Å². The summed E-state index contributed by atoms with van der Waals surface area (Å²) in [7, 11) is 0. The van der Waals surface area contributed by atoms with Crippen LogP contribution in [-0.4, -0.2) is 35.0 Å². The molecule has 0 unspecified atom stereocenters. The summed E-state index contributed by atoms with van der Waals surface area (Å²) in [5, 5.41) is 8.97. The molecule has 0 aromatic carbocycles. The first-order valence-corrected chi connectivity index (χ1v) is 6.05. The average Bonchev–Trinajstić information content (AvgIpc) is 2.25. The number of hydrogen-bond donors (Lipinski definition) is 1. The van der Waals surface area contributed by atoms with E-state index in [2.05, 4.69) is 0 Å². The molecule has 1 aliphatic heterocycles. The van der Waals surface area contributed by atoms with Gasteiger partial charge in [-0.05, 0) is 25.7 Å². The van der Waals surface area contributed by atoms with Crippen LogP contribution in [0.1, 0.15) is 39.0 Å². The van der Waals surface area contributed by atoms with E-state index in [1.54, 1.807) is 4.90 Å². The molecular formula is C12H19NO3. The van der Waals surface area contributed by atoms with Crippen molar-refractivity contribution in [2.75, 3.05) is 13.1 Å². The third kappa shape index (κ3) is 1.93. The van der Waals surface area contributed by atoms with Gasteiger partial charge in [-0.3, -0.25) is 9.59 Å². The van der Waals surface area contributed by atoms with Crippen LogP contribution in [0.2, 0.25) is 0 Å². The monoisotopic (exact) mass is 225 g/mol. The summed E-state index contributed by atoms with van der Waals surface area (Å²) < 4.78 is 0. The quantitative estimate of drug-likeness (QED) is 0.774. The molecule has 1 N–H and O–H groups in total. The first-order chi connectivity index (χ1) is 7.53. The van der Waals surface area contributed by atoms with Gasteiger partial charge in [0.1, 0.15) is 0 Å². The summed E-state index contributed by atoms with van der Waals surface area (Å²) in [6, 6.07) is 0. The highest BCUT2D eigenvalue weighted by Gasteiger charge is 2.43. The minimum absolute atomic E-state index is 0.171. The maximum Gasteiger partial charge on any atom is 0.308 e. The maximum absolute atomic E-state index is 12.2. The van der Waals surface area contributed by atoms with E-state index < -0.39 is 5.97 Å². The largest absolute Gasteiger partial charge is 0.481 e. The van der Waals surface area contributed by atoms with Crippen LogP contribution in [0.4, 0.5) is 0 Å². The van der Waals surface area contributed by atoms with Crippen molar-refractivity contribution in [1.82, 2.24) is 4.90 Å². The van der Waals surface area contributed by atoms with Gasteiger partial charge in [0.25, 0.3) is 0 Å². The second-order valence-corrected chi connectivity index (χ2v) is 5.34. The Bertz CT molecular complexity index is 309. The highest BCUT2D eigenvalue weighted by molar-refractivity contribution is 5.84. The predicted octanol–water partition coefficient (Wildman–Crippen LogP) is 1.50. The molecule has 1 saturated carbocycles. The van der Waals surface area contributed by atoms with Crippen LogP contribution in [0, 0.1) is 11.3 Å². The lowest BCUT2D eigenvalue weighted by Crippen LogP contribution is -2.50. The molecule has 1 saturated heterocycles. The van der Waals surface area contributed by atoms with Crippen molar-refractivity contribution < 1.29 is 14.7 Å². The molecule has 16 heavy (non-hydrogen) atoms. The van der Waals surface area contributed by atoms with E-state index in [0.717, 1.165) is 32.2 Å². The Morgan fingerprint density at radius 2 is 2.00 bits per heavy atom. The summed E-state index contributed by atoms with van der Waals surface area (Å²) in [6.07, 6.45) is 4.56. The van der Waals surface area contributed by atoms with Gasteiger partial charge < -0.3 is 10.0 Å². The van der Waals surface area contributed by atoms with Crippen molar-refractivity contribution >= 4 is 11.9 Å². The summed E-state index contributed by atoms with van der Waals surface area (Å²) in [5.74, 6) is -0.956. The van der Waals surface area contributed by atoms with Crippen LogP contribution in [0.25, 0.3) is 0 Å². The van der Waals surface area contributed by atoms with Gasteiger partial charge >= 0.3 is 5.97 Å². The average molecular weight is 225 g/mol.